The summed E-state index contributed by atoms with van der Waals surface area (Å²) in [6.07, 6.45) is 0. The van der Waals surface area contributed by atoms with Crippen LogP contribution in [0.25, 0.3) is 10.9 Å². The second-order valence-electron chi connectivity index (χ2n) is 7.34. The highest BCUT2D eigenvalue weighted by Gasteiger charge is 2.19. The Hall–Kier alpha value is -3.11. The molecule has 168 valence electrons. The number of hydrogen-bond donors (Lipinski definition) is 1. The number of nitrogens with one attached hydrogen (secondary N) is 1. The molecule has 0 aliphatic carbocycles. The minimum absolute atomic E-state index is 0.0575. The predicted octanol–water partition coefficient (Wildman–Crippen LogP) is 4.35. The Bertz CT molecular complexity index is 1240. The summed E-state index contributed by atoms with van der Waals surface area (Å²) in [5, 5.41) is 15.1. The Morgan fingerprint density at radius 3 is 2.72 bits per heavy atom. The third-order valence-corrected chi connectivity index (χ3v) is 5.65. The van der Waals surface area contributed by atoms with Crippen molar-refractivity contribution < 1.29 is 14.5 Å². The lowest BCUT2D eigenvalue weighted by Crippen LogP contribution is -2.26. The first-order valence-corrected chi connectivity index (χ1v) is 11.0. The molecule has 0 atom stereocenters. The Kier molecular flexibility index (Phi) is 7.37. The molecule has 0 spiro atoms. The van der Waals surface area contributed by atoms with Gasteiger partial charge in [0.2, 0.25) is 5.91 Å². The van der Waals surface area contributed by atoms with E-state index in [2.05, 4.69) is 10.3 Å². The van der Waals surface area contributed by atoms with E-state index in [-0.39, 0.29) is 28.6 Å². The number of carbonyl (C=O) groups excluding carboxylic acids is 1. The number of nitro benzene ring substituents is 1. The summed E-state index contributed by atoms with van der Waals surface area (Å²) in [5.41, 5.74) is 0.0233. The van der Waals surface area contributed by atoms with Crippen molar-refractivity contribution in [2.45, 2.75) is 25.5 Å². The summed E-state index contributed by atoms with van der Waals surface area (Å²) in [5.74, 6) is -0.0828. The fourth-order valence-electron chi connectivity index (χ4n) is 3.02. The van der Waals surface area contributed by atoms with E-state index in [1.165, 1.54) is 29.9 Å². The van der Waals surface area contributed by atoms with Gasteiger partial charge in [0.05, 0.1) is 34.8 Å². The maximum Gasteiger partial charge on any atom is 0.296 e. The maximum atomic E-state index is 13.0. The SMILES string of the molecule is COc1ccc(NC(=O)CSc2nc3ccc(Cl)cc3c(=O)n2CC(C)C)c([N+](=O)[O-])c1. The highest BCUT2D eigenvalue weighted by molar-refractivity contribution is 7.99. The number of thioether (sulfide) groups is 1. The highest BCUT2D eigenvalue weighted by Crippen LogP contribution is 2.29. The third-order valence-electron chi connectivity index (χ3n) is 4.44. The Labute approximate surface area is 192 Å². The molecule has 2 aromatic carbocycles. The minimum Gasteiger partial charge on any atom is -0.496 e. The van der Waals surface area contributed by atoms with Gasteiger partial charge in [-0.1, -0.05) is 37.2 Å². The topological polar surface area (TPSA) is 116 Å². The number of rotatable bonds is 8. The number of carbonyl (C=O) groups is 1. The van der Waals surface area contributed by atoms with Crippen LogP contribution in [-0.4, -0.2) is 33.2 Å². The van der Waals surface area contributed by atoms with Crippen molar-refractivity contribution in [3.8, 4) is 5.75 Å². The van der Waals surface area contributed by atoms with Gasteiger partial charge in [0.25, 0.3) is 11.2 Å². The first-order valence-electron chi connectivity index (χ1n) is 9.64. The fourth-order valence-corrected chi connectivity index (χ4v) is 4.00. The average Bonchev–Trinajstić information content (AvgIpc) is 2.75. The lowest BCUT2D eigenvalue weighted by molar-refractivity contribution is -0.384. The molecule has 0 saturated carbocycles. The smallest absolute Gasteiger partial charge is 0.296 e. The van der Waals surface area contributed by atoms with Crippen molar-refractivity contribution in [3.05, 3.63) is 61.9 Å². The van der Waals surface area contributed by atoms with E-state index in [9.17, 15) is 19.7 Å². The molecule has 0 bridgehead atoms. The van der Waals surface area contributed by atoms with Crippen LogP contribution >= 0.6 is 23.4 Å². The number of amides is 1. The van der Waals surface area contributed by atoms with Crippen LogP contribution in [0, 0.1) is 16.0 Å². The van der Waals surface area contributed by atoms with Crippen molar-refractivity contribution in [3.63, 3.8) is 0 Å². The fraction of sp³-hybridized carbons (Fsp3) is 0.286. The third kappa shape index (κ3) is 5.38. The molecule has 0 aliphatic rings. The molecule has 11 heteroatoms. The van der Waals surface area contributed by atoms with Crippen LogP contribution in [0.2, 0.25) is 5.02 Å². The van der Waals surface area contributed by atoms with Crippen molar-refractivity contribution in [2.24, 2.45) is 5.92 Å². The van der Waals surface area contributed by atoms with Crippen LogP contribution in [0.4, 0.5) is 11.4 Å². The summed E-state index contributed by atoms with van der Waals surface area (Å²) in [4.78, 5) is 40.8. The number of halogens is 1. The number of aromatic nitrogens is 2. The van der Waals surface area contributed by atoms with Gasteiger partial charge in [-0.25, -0.2) is 4.98 Å². The van der Waals surface area contributed by atoms with Crippen LogP contribution in [0.5, 0.6) is 5.75 Å². The number of methoxy groups -OCH3 is 1. The number of anilines is 1. The molecule has 1 amide bonds. The molecule has 0 radical (unpaired) electrons. The van der Waals surface area contributed by atoms with Gasteiger partial charge in [0.1, 0.15) is 11.4 Å². The van der Waals surface area contributed by atoms with Gasteiger partial charge < -0.3 is 10.1 Å². The first kappa shape index (κ1) is 23.6. The zero-order chi connectivity index (χ0) is 23.4. The van der Waals surface area contributed by atoms with Gasteiger partial charge in [-0.2, -0.15) is 0 Å². The molecule has 0 saturated heterocycles. The van der Waals surface area contributed by atoms with Gasteiger partial charge in [-0.3, -0.25) is 24.3 Å². The largest absolute Gasteiger partial charge is 0.496 e. The van der Waals surface area contributed by atoms with Crippen LogP contribution in [0.3, 0.4) is 0 Å². The number of benzene rings is 2. The summed E-state index contributed by atoms with van der Waals surface area (Å²) < 4.78 is 6.52. The van der Waals surface area contributed by atoms with E-state index in [1.54, 1.807) is 18.2 Å². The van der Waals surface area contributed by atoms with E-state index in [1.807, 2.05) is 13.8 Å². The average molecular weight is 477 g/mol. The number of hydrogen-bond acceptors (Lipinski definition) is 7. The van der Waals surface area contributed by atoms with Gasteiger partial charge in [0.15, 0.2) is 5.16 Å². The van der Waals surface area contributed by atoms with Gasteiger partial charge >= 0.3 is 0 Å². The highest BCUT2D eigenvalue weighted by atomic mass is 35.5. The van der Waals surface area contributed by atoms with Crippen LogP contribution < -0.4 is 15.6 Å². The summed E-state index contributed by atoms with van der Waals surface area (Å²) in [7, 11) is 1.40. The van der Waals surface area contributed by atoms with E-state index >= 15 is 0 Å². The van der Waals surface area contributed by atoms with Crippen LogP contribution in [0.15, 0.2) is 46.3 Å². The molecule has 0 fully saturated rings. The van der Waals surface area contributed by atoms with E-state index in [4.69, 9.17) is 16.3 Å². The van der Waals surface area contributed by atoms with E-state index in [0.717, 1.165) is 11.8 Å². The summed E-state index contributed by atoms with van der Waals surface area (Å²) in [6.45, 7) is 4.36. The monoisotopic (exact) mass is 476 g/mol. The maximum absolute atomic E-state index is 13.0. The van der Waals surface area contributed by atoms with Crippen molar-refractivity contribution in [2.75, 3.05) is 18.2 Å². The van der Waals surface area contributed by atoms with Crippen LogP contribution in [0.1, 0.15) is 13.8 Å². The standard InChI is InChI=1S/C21H21ClN4O5S/c1-12(2)10-25-20(28)15-8-13(22)4-6-16(15)24-21(25)32-11-19(27)23-17-7-5-14(31-3)9-18(17)26(29)30/h4-9,12H,10-11H2,1-3H3,(H,23,27). The summed E-state index contributed by atoms with van der Waals surface area (Å²) >= 11 is 7.12. The summed E-state index contributed by atoms with van der Waals surface area (Å²) in [6, 6.07) is 9.04. The number of nitro groups is 1. The zero-order valence-corrected chi connectivity index (χ0v) is 19.2. The molecular formula is C21H21ClN4O5S. The Balaban J connectivity index is 1.85. The predicted molar refractivity (Wildman–Crippen MR) is 125 cm³/mol. The molecule has 9 nitrogen and oxygen atoms in total. The van der Waals surface area contributed by atoms with E-state index in [0.29, 0.717) is 33.4 Å². The van der Waals surface area contributed by atoms with Crippen molar-refractivity contribution in [1.82, 2.24) is 9.55 Å². The molecule has 0 aliphatic heterocycles. The molecule has 3 rings (SSSR count). The Morgan fingerprint density at radius 2 is 2.06 bits per heavy atom. The molecule has 1 aromatic heterocycles. The normalized spacial score (nSPS) is 11.0. The van der Waals surface area contributed by atoms with Gasteiger partial charge in [-0.15, -0.1) is 0 Å². The first-order chi connectivity index (χ1) is 15.2. The lowest BCUT2D eigenvalue weighted by atomic mass is 10.2. The zero-order valence-electron chi connectivity index (χ0n) is 17.6. The second kappa shape index (κ2) is 10.0. The number of nitrogens with zero attached hydrogens (tertiary/aromatic N) is 3. The number of ether oxygens (including phenoxy) is 1. The molecule has 1 heterocycles. The lowest BCUT2D eigenvalue weighted by Gasteiger charge is -2.15. The molecule has 0 unspecified atom stereocenters. The molecule has 32 heavy (non-hydrogen) atoms. The van der Waals surface area contributed by atoms with E-state index < -0.39 is 10.8 Å². The second-order valence-corrected chi connectivity index (χ2v) is 8.72. The number of fused-ring (bicyclic) bond motifs is 1. The van der Waals surface area contributed by atoms with Crippen molar-refractivity contribution in [1.29, 1.82) is 0 Å². The Morgan fingerprint density at radius 1 is 1.31 bits per heavy atom. The minimum atomic E-state index is -0.596. The molecular weight excluding hydrogens is 456 g/mol. The quantitative estimate of drug-likeness (QED) is 0.222. The molecule has 3 aromatic rings. The van der Waals surface area contributed by atoms with Crippen LogP contribution in [-0.2, 0) is 11.3 Å². The molecule has 1 N–H and O–H groups in total. The van der Waals surface area contributed by atoms with Gasteiger partial charge in [0, 0.05) is 11.6 Å². The van der Waals surface area contributed by atoms with Crippen molar-refractivity contribution >= 4 is 51.5 Å². The van der Waals surface area contributed by atoms with Gasteiger partial charge in [-0.05, 0) is 36.2 Å².